The fourth-order valence-corrected chi connectivity index (χ4v) is 2.68. The van der Waals surface area contributed by atoms with Crippen molar-refractivity contribution in [3.63, 3.8) is 0 Å². The molecule has 0 aromatic carbocycles. The number of nitrogens with zero attached hydrogens (tertiary/aromatic N) is 4. The molecule has 1 aliphatic heterocycles. The number of carbonyl (C=O) groups excluding carboxylic acids is 1. The summed E-state index contributed by atoms with van der Waals surface area (Å²) in [5.74, 6) is 1.16. The summed E-state index contributed by atoms with van der Waals surface area (Å²) < 4.78 is 2.12. The molecular weight excluding hydrogens is 284 g/mol. The van der Waals surface area contributed by atoms with Crippen LogP contribution in [0.1, 0.15) is 31.5 Å². The van der Waals surface area contributed by atoms with E-state index >= 15 is 0 Å². The summed E-state index contributed by atoms with van der Waals surface area (Å²) in [7, 11) is 0. The first-order valence-electron chi connectivity index (χ1n) is 7.81. The Morgan fingerprint density at radius 3 is 2.41 bits per heavy atom. The van der Waals surface area contributed by atoms with Gasteiger partial charge in [0.05, 0.1) is 0 Å². The molecule has 2 rings (SSSR count). The fourth-order valence-electron chi connectivity index (χ4n) is 2.68. The number of amides is 2. The average Bonchev–Trinajstić information content (AvgIpc) is 2.92. The van der Waals surface area contributed by atoms with Crippen LogP contribution in [0.5, 0.6) is 0 Å². The maximum atomic E-state index is 12.1. The maximum Gasteiger partial charge on any atom is 0.407 e. The van der Waals surface area contributed by atoms with E-state index in [2.05, 4.69) is 9.55 Å². The molecule has 1 aliphatic rings. The van der Waals surface area contributed by atoms with Crippen LogP contribution in [-0.2, 0) is 11.3 Å². The molecule has 1 saturated heterocycles. The van der Waals surface area contributed by atoms with Crippen molar-refractivity contribution in [2.24, 2.45) is 0 Å². The first-order valence-corrected chi connectivity index (χ1v) is 7.81. The van der Waals surface area contributed by atoms with Crippen LogP contribution in [0.2, 0.25) is 0 Å². The predicted octanol–water partition coefficient (Wildman–Crippen LogP) is 1.57. The fraction of sp³-hybridized carbons (Fsp3) is 0.667. The average molecular weight is 308 g/mol. The normalized spacial score (nSPS) is 15.1. The van der Waals surface area contributed by atoms with Gasteiger partial charge in [0.1, 0.15) is 5.82 Å². The van der Waals surface area contributed by atoms with Gasteiger partial charge < -0.3 is 19.5 Å². The number of carbonyl (C=O) groups is 2. The second-order valence-electron chi connectivity index (χ2n) is 5.63. The summed E-state index contributed by atoms with van der Waals surface area (Å²) in [6.07, 6.45) is 6.36. The van der Waals surface area contributed by atoms with E-state index < -0.39 is 6.09 Å². The zero-order valence-electron chi connectivity index (χ0n) is 13.1. The number of carboxylic acid groups (broad SMARTS) is 1. The number of piperazine rings is 1. The molecule has 22 heavy (non-hydrogen) atoms. The topological polar surface area (TPSA) is 78.7 Å². The molecule has 0 aliphatic carbocycles. The molecule has 0 spiro atoms. The lowest BCUT2D eigenvalue weighted by Crippen LogP contribution is -2.50. The zero-order chi connectivity index (χ0) is 15.9. The number of aromatic nitrogens is 2. The minimum atomic E-state index is -0.901. The van der Waals surface area contributed by atoms with Crippen LogP contribution >= 0.6 is 0 Å². The molecule has 1 N–H and O–H groups in total. The molecule has 0 radical (unpaired) electrons. The van der Waals surface area contributed by atoms with E-state index in [1.807, 2.05) is 13.1 Å². The van der Waals surface area contributed by atoms with Crippen molar-refractivity contribution >= 4 is 12.0 Å². The lowest BCUT2D eigenvalue weighted by molar-refractivity contribution is -0.132. The summed E-state index contributed by atoms with van der Waals surface area (Å²) in [5.41, 5.74) is 0. The van der Waals surface area contributed by atoms with E-state index in [-0.39, 0.29) is 5.91 Å². The van der Waals surface area contributed by atoms with Gasteiger partial charge in [0.2, 0.25) is 5.91 Å². The van der Waals surface area contributed by atoms with Crippen molar-refractivity contribution < 1.29 is 14.7 Å². The Labute approximate surface area is 130 Å². The number of aryl methyl sites for hydroxylation is 2. The molecule has 2 amide bonds. The van der Waals surface area contributed by atoms with Gasteiger partial charge in [-0.2, -0.15) is 0 Å². The van der Waals surface area contributed by atoms with Crippen LogP contribution in [0.4, 0.5) is 4.79 Å². The van der Waals surface area contributed by atoms with Gasteiger partial charge in [0.15, 0.2) is 0 Å². The van der Waals surface area contributed by atoms with Crippen molar-refractivity contribution in [2.45, 2.75) is 39.2 Å². The molecule has 1 aromatic rings. The number of hydrogen-bond acceptors (Lipinski definition) is 3. The van der Waals surface area contributed by atoms with E-state index in [1.165, 1.54) is 4.90 Å². The van der Waals surface area contributed by atoms with Gasteiger partial charge >= 0.3 is 6.09 Å². The molecule has 0 atom stereocenters. The molecule has 1 aromatic heterocycles. The summed E-state index contributed by atoms with van der Waals surface area (Å²) >= 11 is 0. The van der Waals surface area contributed by atoms with Gasteiger partial charge in [-0.25, -0.2) is 9.78 Å². The Balaban J connectivity index is 1.58. The van der Waals surface area contributed by atoms with Gasteiger partial charge in [-0.05, 0) is 19.8 Å². The van der Waals surface area contributed by atoms with Crippen LogP contribution in [0.15, 0.2) is 12.4 Å². The second-order valence-corrected chi connectivity index (χ2v) is 5.63. The van der Waals surface area contributed by atoms with Crippen LogP contribution in [0.25, 0.3) is 0 Å². The highest BCUT2D eigenvalue weighted by Gasteiger charge is 2.23. The highest BCUT2D eigenvalue weighted by atomic mass is 16.4. The van der Waals surface area contributed by atoms with E-state index in [9.17, 15) is 9.59 Å². The number of imidazole rings is 1. The minimum Gasteiger partial charge on any atom is -0.465 e. The molecule has 7 heteroatoms. The van der Waals surface area contributed by atoms with E-state index in [1.54, 1.807) is 11.1 Å². The Bertz CT molecular complexity index is 507. The Morgan fingerprint density at radius 2 is 1.82 bits per heavy atom. The first kappa shape index (κ1) is 16.3. The van der Waals surface area contributed by atoms with Crippen LogP contribution in [0.3, 0.4) is 0 Å². The van der Waals surface area contributed by atoms with E-state index in [0.717, 1.165) is 31.6 Å². The third-order valence-electron chi connectivity index (χ3n) is 4.12. The van der Waals surface area contributed by atoms with Crippen molar-refractivity contribution in [3.8, 4) is 0 Å². The first-order chi connectivity index (χ1) is 10.6. The van der Waals surface area contributed by atoms with Crippen molar-refractivity contribution in [3.05, 3.63) is 18.2 Å². The molecule has 0 saturated carbocycles. The number of hydrogen-bond donors (Lipinski definition) is 1. The number of rotatable bonds is 6. The SMILES string of the molecule is Cc1nccn1CCCCCC(=O)N1CCN(C(=O)O)CC1. The molecule has 0 bridgehead atoms. The highest BCUT2D eigenvalue weighted by molar-refractivity contribution is 5.76. The molecular formula is C15H24N4O3. The molecule has 2 heterocycles. The van der Waals surface area contributed by atoms with Crippen molar-refractivity contribution in [1.82, 2.24) is 19.4 Å². The summed E-state index contributed by atoms with van der Waals surface area (Å²) in [5, 5.41) is 8.88. The van der Waals surface area contributed by atoms with Crippen LogP contribution in [0, 0.1) is 6.92 Å². The smallest absolute Gasteiger partial charge is 0.407 e. The standard InChI is InChI=1S/C15H24N4O3/c1-13-16-6-8-17(13)7-4-2-3-5-14(20)18-9-11-19(12-10-18)15(21)22/h6,8H,2-5,7,9-12H2,1H3,(H,21,22). The molecule has 0 unspecified atom stereocenters. The minimum absolute atomic E-state index is 0.142. The molecule has 122 valence electrons. The predicted molar refractivity (Wildman–Crippen MR) is 81.6 cm³/mol. The third kappa shape index (κ3) is 4.47. The summed E-state index contributed by atoms with van der Waals surface area (Å²) in [4.78, 5) is 30.2. The molecule has 7 nitrogen and oxygen atoms in total. The van der Waals surface area contributed by atoms with Crippen molar-refractivity contribution in [1.29, 1.82) is 0 Å². The quantitative estimate of drug-likeness (QED) is 0.809. The highest BCUT2D eigenvalue weighted by Crippen LogP contribution is 2.09. The Morgan fingerprint density at radius 1 is 1.14 bits per heavy atom. The monoisotopic (exact) mass is 308 g/mol. The van der Waals surface area contributed by atoms with Gasteiger partial charge in [-0.1, -0.05) is 6.42 Å². The van der Waals surface area contributed by atoms with E-state index in [4.69, 9.17) is 5.11 Å². The zero-order valence-corrected chi connectivity index (χ0v) is 13.1. The largest absolute Gasteiger partial charge is 0.465 e. The van der Waals surface area contributed by atoms with E-state index in [0.29, 0.717) is 32.6 Å². The Hall–Kier alpha value is -2.05. The second kappa shape index (κ2) is 7.82. The van der Waals surface area contributed by atoms with Crippen molar-refractivity contribution in [2.75, 3.05) is 26.2 Å². The maximum absolute atomic E-state index is 12.1. The summed E-state index contributed by atoms with van der Waals surface area (Å²) in [6, 6.07) is 0. The van der Waals surface area contributed by atoms with Gasteiger partial charge in [0.25, 0.3) is 0 Å². The van der Waals surface area contributed by atoms with Gasteiger partial charge in [-0.15, -0.1) is 0 Å². The molecule has 1 fully saturated rings. The lowest BCUT2D eigenvalue weighted by Gasteiger charge is -2.33. The van der Waals surface area contributed by atoms with Gasteiger partial charge in [0, 0.05) is 51.5 Å². The van der Waals surface area contributed by atoms with Crippen LogP contribution in [-0.4, -0.2) is 62.6 Å². The third-order valence-corrected chi connectivity index (χ3v) is 4.12. The summed E-state index contributed by atoms with van der Waals surface area (Å²) in [6.45, 7) is 4.79. The van der Waals surface area contributed by atoms with Gasteiger partial charge in [-0.3, -0.25) is 4.79 Å². The van der Waals surface area contributed by atoms with Crippen LogP contribution < -0.4 is 0 Å². The lowest BCUT2D eigenvalue weighted by atomic mass is 10.1. The number of unbranched alkanes of at least 4 members (excludes halogenated alkanes) is 2. The Kier molecular flexibility index (Phi) is 5.80.